The minimum absolute atomic E-state index is 0.324. The lowest BCUT2D eigenvalue weighted by molar-refractivity contribution is 0.225. The summed E-state index contributed by atoms with van der Waals surface area (Å²) >= 11 is 0. The highest BCUT2D eigenvalue weighted by atomic mass is 16.3. The van der Waals surface area contributed by atoms with E-state index in [-0.39, 0.29) is 0 Å². The fourth-order valence-electron chi connectivity index (χ4n) is 2.33. The number of hydrogen-bond donors (Lipinski definition) is 2. The third kappa shape index (κ3) is 3.17. The molecule has 0 spiro atoms. The maximum Gasteiger partial charge on any atom is 0.222 e. The molecule has 88 valence electrons. The zero-order chi connectivity index (χ0) is 11.2. The molecule has 1 fully saturated rings. The first kappa shape index (κ1) is 11.3. The van der Waals surface area contributed by atoms with Crippen LogP contribution in [0.3, 0.4) is 0 Å². The van der Waals surface area contributed by atoms with Gasteiger partial charge in [0.25, 0.3) is 0 Å². The van der Waals surface area contributed by atoms with Gasteiger partial charge in [-0.25, -0.2) is 9.97 Å². The van der Waals surface area contributed by atoms with Crippen molar-refractivity contribution in [3.05, 3.63) is 18.5 Å². The maximum absolute atomic E-state index is 8.88. The molecular formula is C12H19N3O. The Labute approximate surface area is 96.1 Å². The topological polar surface area (TPSA) is 58.0 Å². The zero-order valence-electron chi connectivity index (χ0n) is 9.47. The summed E-state index contributed by atoms with van der Waals surface area (Å²) in [7, 11) is 0. The van der Waals surface area contributed by atoms with Crippen LogP contribution in [0, 0.1) is 5.92 Å². The van der Waals surface area contributed by atoms with Crippen molar-refractivity contribution in [1.29, 1.82) is 0 Å². The molecule has 0 amide bonds. The monoisotopic (exact) mass is 221 g/mol. The first-order valence-electron chi connectivity index (χ1n) is 6.03. The second kappa shape index (κ2) is 5.80. The molecule has 1 aromatic heterocycles. The Hall–Kier alpha value is -1.16. The van der Waals surface area contributed by atoms with Crippen LogP contribution in [-0.4, -0.2) is 27.7 Å². The van der Waals surface area contributed by atoms with E-state index in [0.29, 0.717) is 18.6 Å². The third-order valence-corrected chi connectivity index (χ3v) is 3.28. The van der Waals surface area contributed by atoms with Gasteiger partial charge in [-0.3, -0.25) is 0 Å². The molecule has 0 unspecified atom stereocenters. The van der Waals surface area contributed by atoms with Gasteiger partial charge in [0.15, 0.2) is 0 Å². The van der Waals surface area contributed by atoms with Gasteiger partial charge in [0, 0.05) is 25.0 Å². The van der Waals surface area contributed by atoms with Gasteiger partial charge in [0.1, 0.15) is 0 Å². The van der Waals surface area contributed by atoms with Gasteiger partial charge >= 0.3 is 0 Å². The number of nitrogens with one attached hydrogen (secondary N) is 1. The van der Waals surface area contributed by atoms with Gasteiger partial charge in [0.2, 0.25) is 5.95 Å². The van der Waals surface area contributed by atoms with Gasteiger partial charge in [-0.05, 0) is 44.1 Å². The summed E-state index contributed by atoms with van der Waals surface area (Å²) < 4.78 is 0. The van der Waals surface area contributed by atoms with Gasteiger partial charge in [-0.1, -0.05) is 0 Å². The molecule has 16 heavy (non-hydrogen) atoms. The minimum Gasteiger partial charge on any atom is -0.396 e. The normalized spacial score (nSPS) is 25.3. The van der Waals surface area contributed by atoms with E-state index in [1.54, 1.807) is 12.4 Å². The van der Waals surface area contributed by atoms with Crippen LogP contribution in [-0.2, 0) is 0 Å². The van der Waals surface area contributed by atoms with Crippen LogP contribution in [0.4, 0.5) is 5.95 Å². The Morgan fingerprint density at radius 2 is 1.88 bits per heavy atom. The molecule has 0 atom stereocenters. The quantitative estimate of drug-likeness (QED) is 0.814. The smallest absolute Gasteiger partial charge is 0.222 e. The number of aromatic nitrogens is 2. The van der Waals surface area contributed by atoms with Crippen molar-refractivity contribution in [3.63, 3.8) is 0 Å². The summed E-state index contributed by atoms with van der Waals surface area (Å²) in [5, 5.41) is 12.2. The van der Waals surface area contributed by atoms with Gasteiger partial charge < -0.3 is 10.4 Å². The van der Waals surface area contributed by atoms with Crippen molar-refractivity contribution in [2.24, 2.45) is 5.92 Å². The second-order valence-electron chi connectivity index (χ2n) is 4.45. The van der Waals surface area contributed by atoms with Crippen LogP contribution >= 0.6 is 0 Å². The van der Waals surface area contributed by atoms with Crippen LogP contribution in [0.15, 0.2) is 18.5 Å². The molecule has 0 radical (unpaired) electrons. The van der Waals surface area contributed by atoms with Gasteiger partial charge in [0.05, 0.1) is 0 Å². The molecule has 1 heterocycles. The van der Waals surface area contributed by atoms with Crippen molar-refractivity contribution in [2.45, 2.75) is 38.1 Å². The van der Waals surface area contributed by atoms with E-state index in [4.69, 9.17) is 5.11 Å². The van der Waals surface area contributed by atoms with Crippen LogP contribution in [0.1, 0.15) is 32.1 Å². The molecule has 1 aliphatic rings. The van der Waals surface area contributed by atoms with Crippen LogP contribution in [0.25, 0.3) is 0 Å². The second-order valence-corrected chi connectivity index (χ2v) is 4.45. The van der Waals surface area contributed by atoms with E-state index >= 15 is 0 Å². The molecule has 4 nitrogen and oxygen atoms in total. The number of hydrogen-bond acceptors (Lipinski definition) is 4. The average Bonchev–Trinajstić information content (AvgIpc) is 2.33. The molecule has 1 aromatic rings. The van der Waals surface area contributed by atoms with Crippen LogP contribution in [0.5, 0.6) is 0 Å². The Morgan fingerprint density at radius 3 is 2.50 bits per heavy atom. The lowest BCUT2D eigenvalue weighted by Gasteiger charge is -2.28. The molecule has 1 aliphatic carbocycles. The number of aliphatic hydroxyl groups excluding tert-OH is 1. The average molecular weight is 221 g/mol. The summed E-state index contributed by atoms with van der Waals surface area (Å²) in [5.74, 6) is 1.44. The summed E-state index contributed by atoms with van der Waals surface area (Å²) in [4.78, 5) is 8.33. The molecule has 0 aromatic carbocycles. The predicted molar refractivity (Wildman–Crippen MR) is 63.1 cm³/mol. The fourth-order valence-corrected chi connectivity index (χ4v) is 2.33. The van der Waals surface area contributed by atoms with E-state index in [0.717, 1.165) is 25.2 Å². The lowest BCUT2D eigenvalue weighted by Crippen LogP contribution is -2.27. The third-order valence-electron chi connectivity index (χ3n) is 3.28. The molecule has 2 N–H and O–H groups in total. The Bertz CT molecular complexity index is 296. The highest BCUT2D eigenvalue weighted by Crippen LogP contribution is 2.27. The summed E-state index contributed by atoms with van der Waals surface area (Å²) in [5.41, 5.74) is 0. The minimum atomic E-state index is 0.324. The summed E-state index contributed by atoms with van der Waals surface area (Å²) in [6, 6.07) is 2.32. The van der Waals surface area contributed by atoms with E-state index in [1.807, 2.05) is 6.07 Å². The fraction of sp³-hybridized carbons (Fsp3) is 0.667. The predicted octanol–water partition coefficient (Wildman–Crippen LogP) is 1.83. The Balaban J connectivity index is 1.77. The number of anilines is 1. The Kier molecular flexibility index (Phi) is 4.10. The van der Waals surface area contributed by atoms with Crippen LogP contribution in [0.2, 0.25) is 0 Å². The largest absolute Gasteiger partial charge is 0.396 e. The lowest BCUT2D eigenvalue weighted by atomic mass is 9.84. The maximum atomic E-state index is 8.88. The molecule has 0 aliphatic heterocycles. The van der Waals surface area contributed by atoms with Gasteiger partial charge in [-0.2, -0.15) is 0 Å². The summed E-state index contributed by atoms with van der Waals surface area (Å²) in [6.45, 7) is 0.324. The number of rotatable bonds is 4. The summed E-state index contributed by atoms with van der Waals surface area (Å²) in [6.07, 6.45) is 9.18. The first-order valence-corrected chi connectivity index (χ1v) is 6.03. The van der Waals surface area contributed by atoms with Crippen molar-refractivity contribution in [3.8, 4) is 0 Å². The van der Waals surface area contributed by atoms with E-state index < -0.39 is 0 Å². The molecule has 0 saturated heterocycles. The van der Waals surface area contributed by atoms with E-state index in [2.05, 4.69) is 15.3 Å². The standard InChI is InChI=1S/C12H19N3O/c16-9-6-10-2-4-11(5-3-10)15-12-13-7-1-8-14-12/h1,7-8,10-11,16H,2-6,9H2,(H,13,14,15)/t10-,11-. The number of nitrogens with zero attached hydrogens (tertiary/aromatic N) is 2. The van der Waals surface area contributed by atoms with Gasteiger partial charge in [-0.15, -0.1) is 0 Å². The Morgan fingerprint density at radius 1 is 1.19 bits per heavy atom. The van der Waals surface area contributed by atoms with Crippen LogP contribution < -0.4 is 5.32 Å². The number of aliphatic hydroxyl groups is 1. The SMILES string of the molecule is OCC[C@H]1CC[C@H](Nc2ncccn2)CC1. The van der Waals surface area contributed by atoms with E-state index in [9.17, 15) is 0 Å². The van der Waals surface area contributed by atoms with Crippen molar-refractivity contribution in [1.82, 2.24) is 9.97 Å². The van der Waals surface area contributed by atoms with Crippen molar-refractivity contribution >= 4 is 5.95 Å². The molecule has 1 saturated carbocycles. The molecule has 0 bridgehead atoms. The zero-order valence-corrected chi connectivity index (χ0v) is 9.47. The first-order chi connectivity index (χ1) is 7.88. The van der Waals surface area contributed by atoms with Crippen molar-refractivity contribution in [2.75, 3.05) is 11.9 Å². The molecule has 4 heteroatoms. The highest BCUT2D eigenvalue weighted by molar-refractivity contribution is 5.24. The van der Waals surface area contributed by atoms with E-state index in [1.165, 1.54) is 12.8 Å². The highest BCUT2D eigenvalue weighted by Gasteiger charge is 2.20. The molecule has 2 rings (SSSR count). The van der Waals surface area contributed by atoms with Crippen molar-refractivity contribution < 1.29 is 5.11 Å². The molecular weight excluding hydrogens is 202 g/mol.